The maximum absolute atomic E-state index is 14.9. The van der Waals surface area contributed by atoms with Crippen LogP contribution in [-0.4, -0.2) is 147 Å². The molecule has 3 fully saturated rings. The first kappa shape index (κ1) is 55.9. The Morgan fingerprint density at radius 1 is 0.907 bits per heavy atom. The van der Waals surface area contributed by atoms with Crippen molar-refractivity contribution in [1.29, 1.82) is 0 Å². The number of nitrogens with one attached hydrogen (secondary N) is 2. The highest BCUT2D eigenvalue weighted by Crippen LogP contribution is 2.50. The summed E-state index contributed by atoms with van der Waals surface area (Å²) in [7, 11) is 0. The fourth-order valence-corrected chi connectivity index (χ4v) is 12.4. The number of allylic oxidation sites excluding steroid dienone is 5. The zero-order chi connectivity index (χ0) is 54.3. The maximum Gasteiger partial charge on any atom is 0.318 e. The van der Waals surface area contributed by atoms with Crippen LogP contribution < -0.4 is 15.4 Å². The molecule has 1 unspecified atom stereocenters. The summed E-state index contributed by atoms with van der Waals surface area (Å²) < 4.78 is 18.9. The van der Waals surface area contributed by atoms with Crippen LogP contribution in [0.3, 0.4) is 0 Å². The number of nitrogens with zero attached hydrogens (tertiary/aromatic N) is 4. The Kier molecular flexibility index (Phi) is 16.9. The summed E-state index contributed by atoms with van der Waals surface area (Å²) in [6, 6.07) is 0.424. The molecular formula is C58H82N6O11. The van der Waals surface area contributed by atoms with Gasteiger partial charge < -0.3 is 54.9 Å². The predicted molar refractivity (Wildman–Crippen MR) is 284 cm³/mol. The highest BCUT2D eigenvalue weighted by molar-refractivity contribution is 6.34. The van der Waals surface area contributed by atoms with Crippen molar-refractivity contribution in [1.82, 2.24) is 25.3 Å². The topological polar surface area (TPSA) is 220 Å². The molecule has 17 heteroatoms. The Hall–Kier alpha value is -5.36. The number of likely N-dealkylation sites (tertiary alicyclic amines) is 3. The molecule has 7 aliphatic heterocycles. The number of phenolic OH excluding ortho intramolecular Hbond substituents is 1. The number of rotatable bonds is 7. The average Bonchev–Trinajstić information content (AvgIpc) is 3.90. The van der Waals surface area contributed by atoms with Gasteiger partial charge >= 0.3 is 11.8 Å². The fourth-order valence-electron chi connectivity index (χ4n) is 12.4. The molecule has 5 N–H and O–H groups in total. The number of hydrogen-bond donors (Lipinski definition) is 5. The Labute approximate surface area is 442 Å². The number of phenols is 1. The number of amides is 2. The molecule has 3 saturated heterocycles. The van der Waals surface area contributed by atoms with E-state index in [0.29, 0.717) is 51.0 Å². The predicted octanol–water partition coefficient (Wildman–Crippen LogP) is 6.47. The first-order valence-corrected chi connectivity index (χ1v) is 27.7. The summed E-state index contributed by atoms with van der Waals surface area (Å²) in [5, 5.41) is 42.0. The van der Waals surface area contributed by atoms with Crippen LogP contribution in [0.4, 0.5) is 0 Å². The number of benzene rings is 1. The number of carbonyl (C=O) groups excluding carboxylic acids is 5. The standard InChI is InChI=1S/C58H82N6O11/c1-11-40(55(71)64-26-20-39(21-27-64)63-24-13-12-14-25-63)56(72)74-51-34(5)19-16-30-73-57(10)53(69)43-41-42(49(67)38(9)52(43)75-57)50(68)46(45-44(41)60-58(61-45)22-28-62(29-23-58)31-32(2)3)59-54(70)35(6)18-15-17-33(4)47(65)36(7)48(66)37(51)8/h15-18,30,32-34,36-37,39-40,47-48,51,61,65-67H,11-14,19-29,31H2,1-10H3,(H,59,70)/b17-15+,30-16+,35-18-/t33-,34+,36+,37+,40?,47-,48+,51+,57-/m0/s1. The van der Waals surface area contributed by atoms with E-state index in [2.05, 4.69) is 34.3 Å². The van der Waals surface area contributed by atoms with E-state index in [1.807, 2.05) is 6.92 Å². The van der Waals surface area contributed by atoms with Gasteiger partial charge in [0, 0.05) is 93.0 Å². The third kappa shape index (κ3) is 11.1. The van der Waals surface area contributed by atoms with Gasteiger partial charge in [0.15, 0.2) is 0 Å². The van der Waals surface area contributed by atoms with E-state index in [0.717, 1.165) is 32.5 Å². The average molecular weight is 1040 g/mol. The number of aromatic hydroxyl groups is 1. The second-order valence-corrected chi connectivity index (χ2v) is 23.2. The molecule has 17 nitrogen and oxygen atoms in total. The van der Waals surface area contributed by atoms with Crippen LogP contribution in [0.2, 0.25) is 0 Å². The number of ether oxygens (including phenoxy) is 3. The third-order valence-electron chi connectivity index (χ3n) is 17.2. The van der Waals surface area contributed by atoms with Gasteiger partial charge in [0.2, 0.25) is 11.7 Å². The Morgan fingerprint density at radius 2 is 1.59 bits per heavy atom. The zero-order valence-corrected chi connectivity index (χ0v) is 45.9. The van der Waals surface area contributed by atoms with Gasteiger partial charge in [-0.15, -0.1) is 0 Å². The van der Waals surface area contributed by atoms with Crippen LogP contribution in [0.5, 0.6) is 11.5 Å². The number of fused-ring (bicyclic) bond motifs is 13. The van der Waals surface area contributed by atoms with Crippen molar-refractivity contribution in [2.75, 3.05) is 45.8 Å². The minimum atomic E-state index is -1.96. The first-order chi connectivity index (χ1) is 35.6. The third-order valence-corrected chi connectivity index (χ3v) is 17.2. The van der Waals surface area contributed by atoms with E-state index >= 15 is 0 Å². The molecule has 0 saturated carbocycles. The van der Waals surface area contributed by atoms with Crippen LogP contribution in [0.25, 0.3) is 0 Å². The van der Waals surface area contributed by atoms with Crippen molar-refractivity contribution in [3.63, 3.8) is 0 Å². The normalized spacial score (nSPS) is 32.1. The number of aliphatic hydroxyl groups is 2. The lowest BCUT2D eigenvalue weighted by Gasteiger charge is -2.41. The van der Waals surface area contributed by atoms with Gasteiger partial charge in [-0.3, -0.25) is 29.0 Å². The van der Waals surface area contributed by atoms with E-state index in [1.165, 1.54) is 32.4 Å². The van der Waals surface area contributed by atoms with Crippen molar-refractivity contribution in [3.05, 3.63) is 69.8 Å². The van der Waals surface area contributed by atoms with Crippen LogP contribution in [0.15, 0.2) is 52.5 Å². The zero-order valence-electron chi connectivity index (χ0n) is 45.9. The number of aliphatic imine (C=N–C) groups is 1. The number of carbonyl (C=O) groups is 5. The molecule has 1 aliphatic carbocycles. The monoisotopic (exact) mass is 1040 g/mol. The lowest BCUT2D eigenvalue weighted by Crippen LogP contribution is -2.51. The summed E-state index contributed by atoms with van der Waals surface area (Å²) in [6.45, 7) is 23.5. The molecule has 0 radical (unpaired) electrons. The van der Waals surface area contributed by atoms with Crippen LogP contribution in [0, 0.1) is 42.4 Å². The van der Waals surface area contributed by atoms with Gasteiger partial charge in [-0.1, -0.05) is 73.1 Å². The smallest absolute Gasteiger partial charge is 0.318 e. The number of aliphatic hydroxyl groups excluding tert-OH is 2. The van der Waals surface area contributed by atoms with Gasteiger partial charge in [0.05, 0.1) is 41.0 Å². The molecule has 0 aromatic heterocycles. The summed E-state index contributed by atoms with van der Waals surface area (Å²) in [4.78, 5) is 84.2. The van der Waals surface area contributed by atoms with Gasteiger partial charge in [0.25, 0.3) is 11.7 Å². The van der Waals surface area contributed by atoms with Gasteiger partial charge in [-0.2, -0.15) is 0 Å². The molecule has 8 aliphatic rings. The number of hydrogen-bond acceptors (Lipinski definition) is 15. The largest absolute Gasteiger partial charge is 0.507 e. The van der Waals surface area contributed by atoms with Crippen molar-refractivity contribution in [2.45, 2.75) is 163 Å². The van der Waals surface area contributed by atoms with Crippen LogP contribution in [-0.2, 0) is 23.9 Å². The summed E-state index contributed by atoms with van der Waals surface area (Å²) in [6.07, 6.45) is 11.7. The molecule has 7 heterocycles. The molecule has 1 aromatic rings. The van der Waals surface area contributed by atoms with Crippen molar-refractivity contribution in [2.24, 2.45) is 40.5 Å². The molecule has 9 atom stereocenters. The summed E-state index contributed by atoms with van der Waals surface area (Å²) >= 11 is 0. The maximum atomic E-state index is 14.9. The second kappa shape index (κ2) is 22.7. The molecular weight excluding hydrogens is 957 g/mol. The SMILES string of the molecule is CCC(C(=O)O[C@H]1[C@H](C)[C@H](O)[C@H](C)[C@@H](O)[C@@H](C)/C=C/C=C(/C)C(=O)NC2=C3NC4(CCN(CC(C)C)CC4)N=C3c3c(c(O)c(C)c4c3C(=O)[C@@](C)(O/C=C/C[C@H]1C)O4)C2=O)C(=O)N1CCC(N2CCCCC2)CC1. The quantitative estimate of drug-likeness (QED) is 0.146. The summed E-state index contributed by atoms with van der Waals surface area (Å²) in [5.41, 5.74) is -0.175. The Bertz CT molecular complexity index is 2540. The van der Waals surface area contributed by atoms with Crippen molar-refractivity contribution >= 4 is 35.1 Å². The fraction of sp³-hybridized carbons (Fsp3) is 0.655. The number of esters is 1. The van der Waals surface area contributed by atoms with E-state index in [1.54, 1.807) is 70.7 Å². The molecule has 1 spiro atoms. The highest BCUT2D eigenvalue weighted by Gasteiger charge is 2.54. The van der Waals surface area contributed by atoms with Gasteiger partial charge in [-0.05, 0) is 83.4 Å². The lowest BCUT2D eigenvalue weighted by molar-refractivity contribution is -0.169. The molecule has 5 bridgehead atoms. The highest BCUT2D eigenvalue weighted by atomic mass is 16.7. The van der Waals surface area contributed by atoms with Gasteiger partial charge in [-0.25, -0.2) is 0 Å². The number of piperidine rings is 3. The minimum absolute atomic E-state index is 0.0259. The van der Waals surface area contributed by atoms with E-state index < -0.39 is 88.5 Å². The second-order valence-electron chi connectivity index (χ2n) is 23.2. The Balaban J connectivity index is 1.11. The van der Waals surface area contributed by atoms with Gasteiger partial charge in [0.1, 0.15) is 34.9 Å². The van der Waals surface area contributed by atoms with Crippen LogP contribution >= 0.6 is 0 Å². The lowest BCUT2D eigenvalue weighted by atomic mass is 9.79. The van der Waals surface area contributed by atoms with Crippen molar-refractivity contribution in [3.8, 4) is 11.5 Å². The molecule has 75 heavy (non-hydrogen) atoms. The number of ketones is 2. The van der Waals surface area contributed by atoms with E-state index in [4.69, 9.17) is 19.2 Å². The molecule has 9 rings (SSSR count). The van der Waals surface area contributed by atoms with Crippen LogP contribution in [0.1, 0.15) is 152 Å². The molecule has 410 valence electrons. The minimum Gasteiger partial charge on any atom is -0.507 e. The van der Waals surface area contributed by atoms with E-state index in [9.17, 15) is 39.3 Å². The number of Topliss-reactive ketones (excluding diaryl/α,β-unsaturated/α-hetero) is 2. The Morgan fingerprint density at radius 3 is 2.24 bits per heavy atom. The van der Waals surface area contributed by atoms with E-state index in [-0.39, 0.29) is 69.4 Å². The molecule has 2 amide bonds. The van der Waals surface area contributed by atoms with Crippen molar-refractivity contribution < 1.29 is 53.5 Å². The summed E-state index contributed by atoms with van der Waals surface area (Å²) in [5.74, 6) is -8.21. The first-order valence-electron chi connectivity index (χ1n) is 27.7. The molecule has 1 aromatic carbocycles.